The zero-order chi connectivity index (χ0) is 22.6. The summed E-state index contributed by atoms with van der Waals surface area (Å²) >= 11 is 0. The molecule has 3 aromatic carbocycles. The molecule has 0 atom stereocenters. The third-order valence-corrected chi connectivity index (χ3v) is 5.10. The van der Waals surface area contributed by atoms with E-state index in [1.165, 1.54) is 0 Å². The van der Waals surface area contributed by atoms with Crippen LogP contribution in [-0.4, -0.2) is 17.1 Å². The molecule has 0 heterocycles. The van der Waals surface area contributed by atoms with Crippen molar-refractivity contribution in [2.24, 2.45) is 15.5 Å². The largest absolute Gasteiger partial charge is 0.391 e. The Bertz CT molecular complexity index is 1020. The molecule has 6 heteroatoms. The molecule has 6 nitrogen and oxygen atoms in total. The van der Waals surface area contributed by atoms with Crippen LogP contribution in [0.5, 0.6) is 0 Å². The van der Waals surface area contributed by atoms with Crippen LogP contribution in [0, 0.1) is 0 Å². The van der Waals surface area contributed by atoms with E-state index < -0.39 is 0 Å². The third-order valence-electron chi connectivity index (χ3n) is 5.10. The lowest BCUT2D eigenvalue weighted by molar-refractivity contribution is 0.125. The minimum absolute atomic E-state index is 0.362. The molecule has 0 saturated heterocycles. The van der Waals surface area contributed by atoms with Crippen LogP contribution in [0.4, 0.5) is 0 Å². The van der Waals surface area contributed by atoms with E-state index in [1.807, 2.05) is 91.0 Å². The van der Waals surface area contributed by atoms with Gasteiger partial charge in [-0.3, -0.25) is 0 Å². The molecule has 1 aliphatic rings. The van der Waals surface area contributed by atoms with Gasteiger partial charge in [-0.2, -0.15) is 0 Å². The summed E-state index contributed by atoms with van der Waals surface area (Å²) in [5.74, 6) is 0. The highest BCUT2D eigenvalue weighted by Gasteiger charge is 2.24. The van der Waals surface area contributed by atoms with Crippen LogP contribution in [0.15, 0.2) is 106 Å². The monoisotopic (exact) mass is 441 g/mol. The maximum Gasteiger partial charge on any atom is 0.152 e. The molecule has 0 amide bonds. The van der Waals surface area contributed by atoms with E-state index in [4.69, 9.17) is 14.5 Å². The number of benzene rings is 3. The van der Waals surface area contributed by atoms with Crippen molar-refractivity contribution in [3.63, 3.8) is 0 Å². The molecule has 1 aliphatic carbocycles. The molecule has 0 aromatic heterocycles. The molecule has 0 N–H and O–H groups in total. The molecule has 1 saturated carbocycles. The van der Waals surface area contributed by atoms with Crippen molar-refractivity contribution in [3.8, 4) is 0 Å². The average Bonchev–Trinajstić information content (AvgIpc) is 2.87. The Morgan fingerprint density at radius 1 is 0.485 bits per heavy atom. The minimum atomic E-state index is 0.362. The fourth-order valence-corrected chi connectivity index (χ4v) is 3.37. The van der Waals surface area contributed by atoms with Crippen LogP contribution in [0.2, 0.25) is 0 Å². The summed E-state index contributed by atoms with van der Waals surface area (Å²) in [5.41, 5.74) is 5.15. The molecule has 0 radical (unpaired) electrons. The Balaban J connectivity index is 1.47. The first-order valence-electron chi connectivity index (χ1n) is 11.1. The third kappa shape index (κ3) is 7.04. The Hall–Kier alpha value is -3.93. The highest BCUT2D eigenvalue weighted by molar-refractivity contribution is 6.69. The number of oxime groups is 3. The van der Waals surface area contributed by atoms with Crippen molar-refractivity contribution in [1.29, 1.82) is 0 Å². The molecule has 1 fully saturated rings. The van der Waals surface area contributed by atoms with Gasteiger partial charge >= 0.3 is 0 Å². The van der Waals surface area contributed by atoms with E-state index in [-0.39, 0.29) is 0 Å². The second-order valence-electron chi connectivity index (χ2n) is 7.65. The van der Waals surface area contributed by atoms with E-state index in [9.17, 15) is 0 Å². The normalized spacial score (nSPS) is 15.9. The van der Waals surface area contributed by atoms with Crippen molar-refractivity contribution < 1.29 is 14.5 Å². The van der Waals surface area contributed by atoms with Crippen LogP contribution >= 0.6 is 0 Å². The first-order chi connectivity index (χ1) is 16.4. The predicted molar refractivity (Wildman–Crippen MR) is 130 cm³/mol. The van der Waals surface area contributed by atoms with Gasteiger partial charge in [-0.05, 0) is 36.0 Å². The fraction of sp³-hybridized carbons (Fsp3) is 0.222. The molecular formula is C27H27N3O3. The van der Waals surface area contributed by atoms with E-state index in [2.05, 4.69) is 15.5 Å². The van der Waals surface area contributed by atoms with Crippen LogP contribution in [0.3, 0.4) is 0 Å². The maximum atomic E-state index is 5.66. The smallest absolute Gasteiger partial charge is 0.152 e. The van der Waals surface area contributed by atoms with E-state index in [0.29, 0.717) is 37.0 Å². The average molecular weight is 442 g/mol. The zero-order valence-electron chi connectivity index (χ0n) is 18.5. The molecule has 0 unspecified atom stereocenters. The molecule has 0 bridgehead atoms. The molecule has 33 heavy (non-hydrogen) atoms. The SMILES string of the molecule is c1ccc(CON=C2CCCC(=NOCc3ccccc3)C2=NOCc2ccccc2)cc1. The number of nitrogens with zero attached hydrogens (tertiary/aromatic N) is 3. The van der Waals surface area contributed by atoms with Gasteiger partial charge < -0.3 is 14.5 Å². The summed E-state index contributed by atoms with van der Waals surface area (Å²) in [6.07, 6.45) is 2.36. The van der Waals surface area contributed by atoms with Gasteiger partial charge in [-0.1, -0.05) is 106 Å². The Labute approximate surface area is 194 Å². The van der Waals surface area contributed by atoms with Gasteiger partial charge in [0.2, 0.25) is 0 Å². The van der Waals surface area contributed by atoms with Gasteiger partial charge in [0.1, 0.15) is 31.2 Å². The highest BCUT2D eigenvalue weighted by atomic mass is 16.6. The van der Waals surface area contributed by atoms with Gasteiger partial charge in [0.05, 0.1) is 0 Å². The Kier molecular flexibility index (Phi) is 8.23. The second kappa shape index (κ2) is 12.2. The zero-order valence-corrected chi connectivity index (χ0v) is 18.5. The van der Waals surface area contributed by atoms with Crippen molar-refractivity contribution >= 4 is 17.1 Å². The summed E-state index contributed by atoms with van der Waals surface area (Å²) < 4.78 is 0. The fourth-order valence-electron chi connectivity index (χ4n) is 3.37. The van der Waals surface area contributed by atoms with E-state index >= 15 is 0 Å². The van der Waals surface area contributed by atoms with Gasteiger partial charge in [0, 0.05) is 0 Å². The lowest BCUT2D eigenvalue weighted by atomic mass is 9.94. The van der Waals surface area contributed by atoms with Gasteiger partial charge in [0.25, 0.3) is 0 Å². The van der Waals surface area contributed by atoms with Crippen molar-refractivity contribution in [3.05, 3.63) is 108 Å². The second-order valence-corrected chi connectivity index (χ2v) is 7.65. The Morgan fingerprint density at radius 2 is 0.848 bits per heavy atom. The van der Waals surface area contributed by atoms with Crippen molar-refractivity contribution in [1.82, 2.24) is 0 Å². The lowest BCUT2D eigenvalue weighted by Gasteiger charge is -2.17. The van der Waals surface area contributed by atoms with Crippen LogP contribution in [-0.2, 0) is 34.3 Å². The van der Waals surface area contributed by atoms with Crippen LogP contribution < -0.4 is 0 Å². The number of hydrogen-bond donors (Lipinski definition) is 0. The molecule has 168 valence electrons. The predicted octanol–water partition coefficient (Wildman–Crippen LogP) is 5.89. The molecule has 4 rings (SSSR count). The van der Waals surface area contributed by atoms with Crippen molar-refractivity contribution in [2.75, 3.05) is 0 Å². The summed E-state index contributed by atoms with van der Waals surface area (Å²) in [7, 11) is 0. The summed E-state index contributed by atoms with van der Waals surface area (Å²) in [5, 5.41) is 13.1. The molecule has 0 aliphatic heterocycles. The summed E-state index contributed by atoms with van der Waals surface area (Å²) in [6, 6.07) is 29.8. The molecule has 3 aromatic rings. The lowest BCUT2D eigenvalue weighted by Crippen LogP contribution is -2.30. The minimum Gasteiger partial charge on any atom is -0.391 e. The van der Waals surface area contributed by atoms with E-state index in [0.717, 1.165) is 36.0 Å². The first-order valence-corrected chi connectivity index (χ1v) is 11.1. The molecular weight excluding hydrogens is 414 g/mol. The van der Waals surface area contributed by atoms with Gasteiger partial charge in [0.15, 0.2) is 5.71 Å². The first kappa shape index (κ1) is 22.3. The van der Waals surface area contributed by atoms with Gasteiger partial charge in [-0.25, -0.2) is 0 Å². The van der Waals surface area contributed by atoms with Gasteiger partial charge in [-0.15, -0.1) is 0 Å². The number of rotatable bonds is 9. The quantitative estimate of drug-likeness (QED) is 0.389. The topological polar surface area (TPSA) is 64.8 Å². The summed E-state index contributed by atoms with van der Waals surface area (Å²) in [6.45, 7) is 1.14. The van der Waals surface area contributed by atoms with Crippen LogP contribution in [0.1, 0.15) is 36.0 Å². The standard InChI is InChI=1S/C27H27N3O3/c1-4-11-22(12-5-1)19-31-28-25-17-10-18-26(29-32-20-23-13-6-2-7-14-23)27(25)30-33-21-24-15-8-3-9-16-24/h1-9,11-16H,10,17-21H2. The Morgan fingerprint density at radius 3 is 1.24 bits per heavy atom. The van der Waals surface area contributed by atoms with Crippen LogP contribution in [0.25, 0.3) is 0 Å². The summed E-state index contributed by atoms with van der Waals surface area (Å²) in [4.78, 5) is 16.9. The van der Waals surface area contributed by atoms with E-state index in [1.54, 1.807) is 0 Å². The maximum absolute atomic E-state index is 5.66. The highest BCUT2D eigenvalue weighted by Crippen LogP contribution is 2.15. The number of hydrogen-bond acceptors (Lipinski definition) is 6. The van der Waals surface area contributed by atoms with Crippen molar-refractivity contribution in [2.45, 2.75) is 39.1 Å². The molecule has 0 spiro atoms.